The number of nitrogens with one attached hydrogen (secondary N) is 2. The lowest BCUT2D eigenvalue weighted by Gasteiger charge is -2.13. The van der Waals surface area contributed by atoms with Crippen molar-refractivity contribution in [3.05, 3.63) is 65.7 Å². The van der Waals surface area contributed by atoms with Gasteiger partial charge in [-0.1, -0.05) is 48.5 Å². The zero-order valence-electron chi connectivity index (χ0n) is 15.7. The van der Waals surface area contributed by atoms with Crippen LogP contribution in [0.3, 0.4) is 0 Å². The summed E-state index contributed by atoms with van der Waals surface area (Å²) in [5.41, 5.74) is 1.75. The second kappa shape index (κ2) is 9.03. The topological polar surface area (TPSA) is 87.7 Å². The zero-order chi connectivity index (χ0) is 19.9. The first-order chi connectivity index (χ1) is 13.6. The van der Waals surface area contributed by atoms with Gasteiger partial charge < -0.3 is 15.4 Å². The highest BCUT2D eigenvalue weighted by Crippen LogP contribution is 2.17. The minimum atomic E-state index is -0.673. The maximum Gasteiger partial charge on any atom is 0.325 e. The van der Waals surface area contributed by atoms with Crippen LogP contribution < -0.4 is 15.4 Å². The first-order valence-corrected chi connectivity index (χ1v) is 9.13. The number of hydrogen-bond donors (Lipinski definition) is 2. The van der Waals surface area contributed by atoms with E-state index in [0.717, 1.165) is 11.1 Å². The minimum Gasteiger partial charge on any atom is -0.496 e. The van der Waals surface area contributed by atoms with Crippen molar-refractivity contribution in [1.29, 1.82) is 0 Å². The second-order valence-electron chi connectivity index (χ2n) is 6.54. The molecule has 1 aliphatic rings. The molecule has 0 aliphatic carbocycles. The molecule has 1 unspecified atom stereocenters. The Morgan fingerprint density at radius 2 is 1.82 bits per heavy atom. The molecule has 0 bridgehead atoms. The third-order valence-electron chi connectivity index (χ3n) is 4.62. The maximum absolute atomic E-state index is 12.5. The van der Waals surface area contributed by atoms with Crippen LogP contribution in [-0.4, -0.2) is 35.9 Å². The van der Waals surface area contributed by atoms with Gasteiger partial charge in [0, 0.05) is 18.5 Å². The average Bonchev–Trinajstić information content (AvgIpc) is 2.99. The molecule has 7 heteroatoms. The van der Waals surface area contributed by atoms with Crippen molar-refractivity contribution in [2.75, 3.05) is 7.11 Å². The molecule has 1 atom stereocenters. The van der Waals surface area contributed by atoms with Crippen molar-refractivity contribution in [2.45, 2.75) is 32.0 Å². The summed E-state index contributed by atoms with van der Waals surface area (Å²) in [7, 11) is 1.58. The van der Waals surface area contributed by atoms with Gasteiger partial charge in [-0.3, -0.25) is 14.5 Å². The van der Waals surface area contributed by atoms with Crippen molar-refractivity contribution in [3.63, 3.8) is 0 Å². The van der Waals surface area contributed by atoms with Gasteiger partial charge in [-0.05, 0) is 18.1 Å². The van der Waals surface area contributed by atoms with Crippen LogP contribution in [0.4, 0.5) is 4.79 Å². The van der Waals surface area contributed by atoms with Crippen LogP contribution in [0.25, 0.3) is 0 Å². The first kappa shape index (κ1) is 19.4. The molecule has 2 aromatic carbocycles. The van der Waals surface area contributed by atoms with Crippen LogP contribution in [0.5, 0.6) is 5.75 Å². The van der Waals surface area contributed by atoms with Gasteiger partial charge in [0.05, 0.1) is 13.7 Å². The number of urea groups is 1. The molecule has 0 spiro atoms. The van der Waals surface area contributed by atoms with Gasteiger partial charge in [0.1, 0.15) is 11.8 Å². The van der Waals surface area contributed by atoms with E-state index in [1.54, 1.807) is 7.11 Å². The average molecular weight is 381 g/mol. The Morgan fingerprint density at radius 3 is 2.57 bits per heavy atom. The van der Waals surface area contributed by atoms with Gasteiger partial charge in [-0.2, -0.15) is 0 Å². The summed E-state index contributed by atoms with van der Waals surface area (Å²) in [6.07, 6.45) is 0.401. The lowest BCUT2D eigenvalue weighted by Crippen LogP contribution is -2.32. The van der Waals surface area contributed by atoms with Gasteiger partial charge in [-0.15, -0.1) is 0 Å². The van der Waals surface area contributed by atoms with Crippen LogP contribution in [0.1, 0.15) is 24.0 Å². The summed E-state index contributed by atoms with van der Waals surface area (Å²) in [5.74, 6) is 0.221. The predicted molar refractivity (Wildman–Crippen MR) is 103 cm³/mol. The Labute approximate surface area is 163 Å². The Bertz CT molecular complexity index is 854. The van der Waals surface area contributed by atoms with Crippen LogP contribution in [0.2, 0.25) is 0 Å². The number of rotatable bonds is 8. The van der Waals surface area contributed by atoms with E-state index in [4.69, 9.17) is 4.74 Å². The van der Waals surface area contributed by atoms with E-state index in [1.807, 2.05) is 54.6 Å². The Morgan fingerprint density at radius 1 is 1.11 bits per heavy atom. The summed E-state index contributed by atoms with van der Waals surface area (Å²) in [6, 6.07) is 15.7. The van der Waals surface area contributed by atoms with E-state index in [0.29, 0.717) is 12.3 Å². The van der Waals surface area contributed by atoms with Crippen molar-refractivity contribution in [2.24, 2.45) is 0 Å². The number of imide groups is 1. The molecule has 146 valence electrons. The van der Waals surface area contributed by atoms with Crippen molar-refractivity contribution >= 4 is 17.8 Å². The van der Waals surface area contributed by atoms with Crippen molar-refractivity contribution in [1.82, 2.24) is 15.5 Å². The summed E-state index contributed by atoms with van der Waals surface area (Å²) >= 11 is 0. The molecule has 0 aromatic heterocycles. The number of amides is 4. The number of ether oxygens (including phenoxy) is 1. The number of nitrogens with zero attached hydrogens (tertiary/aromatic N) is 1. The predicted octanol–water partition coefficient (Wildman–Crippen LogP) is 2.21. The number of para-hydroxylation sites is 1. The fraction of sp³-hybridized carbons (Fsp3) is 0.286. The van der Waals surface area contributed by atoms with Gasteiger partial charge >= 0.3 is 6.03 Å². The van der Waals surface area contributed by atoms with E-state index < -0.39 is 12.1 Å². The molecular weight excluding hydrogens is 358 g/mol. The number of carbonyl (C=O) groups excluding carboxylic acids is 3. The standard InChI is InChI=1S/C21H23N3O4/c1-28-18-10-6-5-9-16(18)13-22-19(25)12-11-17-20(26)24(21(27)23-17)14-15-7-3-2-4-8-15/h2-10,17H,11-14H2,1H3,(H,22,25)(H,23,27). The van der Waals surface area contributed by atoms with Gasteiger partial charge in [0.15, 0.2) is 0 Å². The Hall–Kier alpha value is -3.35. The highest BCUT2D eigenvalue weighted by molar-refractivity contribution is 6.04. The van der Waals surface area contributed by atoms with Gasteiger partial charge in [-0.25, -0.2) is 4.79 Å². The van der Waals surface area contributed by atoms with Crippen molar-refractivity contribution < 1.29 is 19.1 Å². The van der Waals surface area contributed by atoms with E-state index in [1.165, 1.54) is 4.90 Å². The number of hydrogen-bond acceptors (Lipinski definition) is 4. The fourth-order valence-corrected chi connectivity index (χ4v) is 3.09. The van der Waals surface area contributed by atoms with Crippen molar-refractivity contribution in [3.8, 4) is 5.75 Å². The second-order valence-corrected chi connectivity index (χ2v) is 6.54. The highest BCUT2D eigenvalue weighted by Gasteiger charge is 2.37. The van der Waals surface area contributed by atoms with Crippen LogP contribution in [-0.2, 0) is 22.7 Å². The number of methoxy groups -OCH3 is 1. The molecule has 1 aliphatic heterocycles. The molecule has 2 aromatic rings. The minimum absolute atomic E-state index is 0.144. The van der Waals surface area contributed by atoms with E-state index in [-0.39, 0.29) is 31.2 Å². The number of carbonyl (C=O) groups is 3. The molecule has 3 rings (SSSR count). The van der Waals surface area contributed by atoms with Crippen LogP contribution >= 0.6 is 0 Å². The fourth-order valence-electron chi connectivity index (χ4n) is 3.09. The summed E-state index contributed by atoms with van der Waals surface area (Å²) in [6.45, 7) is 0.565. The third-order valence-corrected chi connectivity index (χ3v) is 4.62. The van der Waals surface area contributed by atoms with Crippen LogP contribution in [0, 0.1) is 0 Å². The molecule has 28 heavy (non-hydrogen) atoms. The summed E-state index contributed by atoms with van der Waals surface area (Å²) in [4.78, 5) is 37.9. The Kier molecular flexibility index (Phi) is 6.26. The van der Waals surface area contributed by atoms with E-state index >= 15 is 0 Å². The molecule has 0 radical (unpaired) electrons. The molecule has 1 heterocycles. The molecule has 4 amide bonds. The van der Waals surface area contributed by atoms with Gasteiger partial charge in [0.2, 0.25) is 5.91 Å². The smallest absolute Gasteiger partial charge is 0.325 e. The molecule has 0 saturated carbocycles. The highest BCUT2D eigenvalue weighted by atomic mass is 16.5. The molecular formula is C21H23N3O4. The monoisotopic (exact) mass is 381 g/mol. The van der Waals surface area contributed by atoms with Gasteiger partial charge in [0.25, 0.3) is 5.91 Å². The zero-order valence-corrected chi connectivity index (χ0v) is 15.7. The molecule has 2 N–H and O–H groups in total. The van der Waals surface area contributed by atoms with E-state index in [9.17, 15) is 14.4 Å². The quantitative estimate of drug-likeness (QED) is 0.687. The maximum atomic E-state index is 12.5. The molecule has 1 saturated heterocycles. The van der Waals surface area contributed by atoms with E-state index in [2.05, 4.69) is 10.6 Å². The molecule has 7 nitrogen and oxygen atoms in total. The SMILES string of the molecule is COc1ccccc1CNC(=O)CCC1NC(=O)N(Cc2ccccc2)C1=O. The normalized spacial score (nSPS) is 16.0. The summed E-state index contributed by atoms with van der Waals surface area (Å²) < 4.78 is 5.26. The lowest BCUT2D eigenvalue weighted by atomic mass is 10.1. The lowest BCUT2D eigenvalue weighted by molar-refractivity contribution is -0.128. The Balaban J connectivity index is 1.48. The first-order valence-electron chi connectivity index (χ1n) is 9.13. The van der Waals surface area contributed by atoms with Crippen LogP contribution in [0.15, 0.2) is 54.6 Å². The third kappa shape index (κ3) is 4.68. The number of benzene rings is 2. The molecule has 1 fully saturated rings. The largest absolute Gasteiger partial charge is 0.496 e. The summed E-state index contributed by atoms with van der Waals surface area (Å²) in [5, 5.41) is 5.48.